The Morgan fingerprint density at radius 3 is 3.08 bits per heavy atom. The summed E-state index contributed by atoms with van der Waals surface area (Å²) in [6.45, 7) is 4.29. The molecule has 1 atom stereocenters. The van der Waals surface area contributed by atoms with Gasteiger partial charge in [0.2, 0.25) is 5.91 Å². The second-order valence-electron chi connectivity index (χ2n) is 6.47. The van der Waals surface area contributed by atoms with Crippen LogP contribution in [0.15, 0.2) is 11.4 Å². The van der Waals surface area contributed by atoms with Gasteiger partial charge in [0.15, 0.2) is 0 Å². The van der Waals surface area contributed by atoms with Crippen LogP contribution in [0, 0.1) is 0 Å². The Hall–Kier alpha value is -1.14. The third-order valence-electron chi connectivity index (χ3n) is 4.45. The summed E-state index contributed by atoms with van der Waals surface area (Å²) >= 11 is 3.33. The molecule has 0 fully saturated rings. The van der Waals surface area contributed by atoms with E-state index in [0.717, 1.165) is 29.1 Å². The van der Waals surface area contributed by atoms with Crippen molar-refractivity contribution in [2.45, 2.75) is 69.9 Å². The molecule has 24 heavy (non-hydrogen) atoms. The lowest BCUT2D eigenvalue weighted by molar-refractivity contribution is -0.119. The van der Waals surface area contributed by atoms with Crippen LogP contribution in [-0.2, 0) is 17.6 Å². The average Bonchev–Trinajstić information content (AvgIpc) is 3.13. The number of carbonyl (C=O) groups is 1. The van der Waals surface area contributed by atoms with E-state index in [1.807, 2.05) is 0 Å². The van der Waals surface area contributed by atoms with E-state index in [1.165, 1.54) is 41.5 Å². The van der Waals surface area contributed by atoms with Crippen LogP contribution in [0.25, 0.3) is 10.2 Å². The Balaban J connectivity index is 1.59. The number of fused-ring (bicyclic) bond motifs is 3. The van der Waals surface area contributed by atoms with Crippen LogP contribution in [0.1, 0.15) is 56.4 Å². The van der Waals surface area contributed by atoms with Gasteiger partial charge in [-0.2, -0.15) is 0 Å². The number of hydrogen-bond acceptors (Lipinski definition) is 5. The van der Waals surface area contributed by atoms with Crippen LogP contribution in [0.3, 0.4) is 0 Å². The van der Waals surface area contributed by atoms with E-state index < -0.39 is 0 Å². The van der Waals surface area contributed by atoms with Gasteiger partial charge in [0.25, 0.3) is 0 Å². The van der Waals surface area contributed by atoms with Crippen molar-refractivity contribution in [1.29, 1.82) is 0 Å². The molecule has 130 valence electrons. The summed E-state index contributed by atoms with van der Waals surface area (Å²) < 4.78 is 0. The van der Waals surface area contributed by atoms with Crippen molar-refractivity contribution in [3.8, 4) is 0 Å². The first-order valence-corrected chi connectivity index (χ1v) is 10.7. The van der Waals surface area contributed by atoms with Crippen molar-refractivity contribution in [1.82, 2.24) is 15.3 Å². The van der Waals surface area contributed by atoms with E-state index in [1.54, 1.807) is 29.4 Å². The molecule has 0 bridgehead atoms. The Kier molecular flexibility index (Phi) is 6.11. The second-order valence-corrected chi connectivity index (χ2v) is 8.52. The summed E-state index contributed by atoms with van der Waals surface area (Å²) in [5.41, 5.74) is 1.42. The Morgan fingerprint density at radius 2 is 2.25 bits per heavy atom. The third-order valence-corrected chi connectivity index (χ3v) is 6.64. The fourth-order valence-electron chi connectivity index (χ4n) is 3.23. The van der Waals surface area contributed by atoms with E-state index in [9.17, 15) is 4.79 Å². The molecule has 3 rings (SSSR count). The van der Waals surface area contributed by atoms with Crippen LogP contribution < -0.4 is 5.32 Å². The van der Waals surface area contributed by atoms with Crippen LogP contribution in [0.2, 0.25) is 0 Å². The van der Waals surface area contributed by atoms with Crippen LogP contribution in [0.4, 0.5) is 0 Å². The molecule has 2 aromatic rings. The van der Waals surface area contributed by atoms with Crippen molar-refractivity contribution < 1.29 is 4.79 Å². The van der Waals surface area contributed by atoms with Crippen LogP contribution >= 0.6 is 23.1 Å². The minimum absolute atomic E-state index is 0.0997. The number of carbonyl (C=O) groups excluding carboxylic acids is 1. The number of hydrogen-bond donors (Lipinski definition) is 1. The zero-order chi connectivity index (χ0) is 16.9. The molecule has 1 aliphatic rings. The first kappa shape index (κ1) is 17.7. The summed E-state index contributed by atoms with van der Waals surface area (Å²) in [5.74, 6) is 0.525. The first-order chi connectivity index (χ1) is 11.7. The van der Waals surface area contributed by atoms with Gasteiger partial charge in [0.05, 0.1) is 5.75 Å². The Morgan fingerprint density at radius 1 is 1.38 bits per heavy atom. The molecule has 0 aromatic carbocycles. The lowest BCUT2D eigenvalue weighted by Crippen LogP contribution is -2.33. The van der Waals surface area contributed by atoms with E-state index in [0.29, 0.717) is 5.75 Å². The highest BCUT2D eigenvalue weighted by Gasteiger charge is 2.21. The van der Waals surface area contributed by atoms with E-state index in [4.69, 9.17) is 0 Å². The van der Waals surface area contributed by atoms with Gasteiger partial charge in [-0.05, 0) is 38.2 Å². The zero-order valence-electron chi connectivity index (χ0n) is 14.4. The summed E-state index contributed by atoms with van der Waals surface area (Å²) in [7, 11) is 0. The lowest BCUT2D eigenvalue weighted by Gasteiger charge is -2.13. The third kappa shape index (κ3) is 4.09. The molecular formula is C18H25N3OS2. The molecule has 1 unspecified atom stereocenters. The number of aromatic nitrogens is 2. The van der Waals surface area contributed by atoms with Gasteiger partial charge in [-0.3, -0.25) is 4.79 Å². The lowest BCUT2D eigenvalue weighted by atomic mass is 10.1. The summed E-state index contributed by atoms with van der Waals surface area (Å²) in [6, 6.07) is 0.250. The number of thiophene rings is 1. The zero-order valence-corrected chi connectivity index (χ0v) is 16.1. The first-order valence-electron chi connectivity index (χ1n) is 8.86. The number of thioether (sulfide) groups is 1. The maximum atomic E-state index is 12.2. The number of nitrogens with zero attached hydrogens (tertiary/aromatic N) is 2. The van der Waals surface area contributed by atoms with Crippen LogP contribution in [-0.4, -0.2) is 27.7 Å². The fourth-order valence-corrected chi connectivity index (χ4v) is 5.36. The van der Waals surface area contributed by atoms with Crippen molar-refractivity contribution in [3.05, 3.63) is 16.8 Å². The SMILES string of the molecule is CCCCCC(C)NC(=O)CSc1ncnc2sc3c(c12)CCC3. The van der Waals surface area contributed by atoms with Gasteiger partial charge < -0.3 is 5.32 Å². The minimum atomic E-state index is 0.0997. The largest absolute Gasteiger partial charge is 0.353 e. The van der Waals surface area contributed by atoms with Crippen molar-refractivity contribution in [3.63, 3.8) is 0 Å². The molecular weight excluding hydrogens is 338 g/mol. The molecule has 2 aromatic heterocycles. The Bertz CT molecular complexity index is 714. The molecule has 4 nitrogen and oxygen atoms in total. The molecule has 2 heterocycles. The van der Waals surface area contributed by atoms with Crippen molar-refractivity contribution >= 4 is 39.2 Å². The maximum Gasteiger partial charge on any atom is 0.230 e. The monoisotopic (exact) mass is 363 g/mol. The second kappa shape index (κ2) is 8.30. The van der Waals surface area contributed by atoms with Gasteiger partial charge in [-0.1, -0.05) is 37.9 Å². The molecule has 6 heteroatoms. The number of unbranched alkanes of at least 4 members (excludes halogenated alkanes) is 2. The van der Waals surface area contributed by atoms with Gasteiger partial charge in [-0.25, -0.2) is 9.97 Å². The highest BCUT2D eigenvalue weighted by molar-refractivity contribution is 8.00. The predicted molar refractivity (Wildman–Crippen MR) is 102 cm³/mol. The average molecular weight is 364 g/mol. The molecule has 0 saturated heterocycles. The summed E-state index contributed by atoms with van der Waals surface area (Å²) in [5, 5.41) is 5.27. The van der Waals surface area contributed by atoms with E-state index in [2.05, 4.69) is 29.1 Å². The summed E-state index contributed by atoms with van der Waals surface area (Å²) in [4.78, 5) is 23.6. The highest BCUT2D eigenvalue weighted by Crippen LogP contribution is 2.39. The van der Waals surface area contributed by atoms with Crippen molar-refractivity contribution in [2.75, 3.05) is 5.75 Å². The molecule has 0 saturated carbocycles. The quantitative estimate of drug-likeness (QED) is 0.430. The number of aryl methyl sites for hydroxylation is 2. The Labute approximate surface area is 151 Å². The van der Waals surface area contributed by atoms with Gasteiger partial charge in [0.1, 0.15) is 16.2 Å². The van der Waals surface area contributed by atoms with Gasteiger partial charge >= 0.3 is 0 Å². The van der Waals surface area contributed by atoms with Gasteiger partial charge in [-0.15, -0.1) is 11.3 Å². The normalized spacial score (nSPS) is 14.8. The number of amides is 1. The minimum Gasteiger partial charge on any atom is -0.353 e. The maximum absolute atomic E-state index is 12.2. The van der Waals surface area contributed by atoms with Crippen molar-refractivity contribution in [2.24, 2.45) is 0 Å². The topological polar surface area (TPSA) is 54.9 Å². The number of nitrogens with one attached hydrogen (secondary N) is 1. The number of rotatable bonds is 8. The molecule has 1 aliphatic carbocycles. The highest BCUT2D eigenvalue weighted by atomic mass is 32.2. The van der Waals surface area contributed by atoms with E-state index in [-0.39, 0.29) is 11.9 Å². The predicted octanol–water partition coefficient (Wildman–Crippen LogP) is 4.36. The molecule has 1 N–H and O–H groups in total. The molecule has 1 amide bonds. The molecule has 0 radical (unpaired) electrons. The summed E-state index contributed by atoms with van der Waals surface area (Å²) in [6.07, 6.45) is 9.82. The molecule has 0 aliphatic heterocycles. The van der Waals surface area contributed by atoms with E-state index >= 15 is 0 Å². The smallest absolute Gasteiger partial charge is 0.230 e. The standard InChI is InChI=1S/C18H25N3OS2/c1-3-4-5-7-12(2)21-15(22)10-23-17-16-13-8-6-9-14(13)24-18(16)20-11-19-17/h11-12H,3-10H2,1-2H3,(H,21,22). The molecule has 0 spiro atoms. The fraction of sp³-hybridized carbons (Fsp3) is 0.611. The van der Waals surface area contributed by atoms with Crippen LogP contribution in [0.5, 0.6) is 0 Å². The van der Waals surface area contributed by atoms with Gasteiger partial charge in [0, 0.05) is 16.3 Å².